The van der Waals surface area contributed by atoms with Crippen molar-refractivity contribution in [3.8, 4) is 0 Å². The lowest BCUT2D eigenvalue weighted by Crippen LogP contribution is -2.26. The SMILES string of the molecule is CCc1nc(C)c(C(=O)NC(C)c2cc(F)c(Cl)cc2Cl)s1. The smallest absolute Gasteiger partial charge is 0.263 e. The highest BCUT2D eigenvalue weighted by molar-refractivity contribution is 7.13. The number of benzene rings is 1. The largest absolute Gasteiger partial charge is 0.345 e. The van der Waals surface area contributed by atoms with Crippen LogP contribution < -0.4 is 5.32 Å². The van der Waals surface area contributed by atoms with Crippen molar-refractivity contribution < 1.29 is 9.18 Å². The van der Waals surface area contributed by atoms with Crippen LogP contribution in [0.3, 0.4) is 0 Å². The molecule has 2 aromatic rings. The third-order valence-corrected chi connectivity index (χ3v) is 5.12. The molecular formula is C15H15Cl2FN2OS. The van der Waals surface area contributed by atoms with Crippen LogP contribution in [0.2, 0.25) is 10.0 Å². The zero-order valence-electron chi connectivity index (χ0n) is 12.3. The van der Waals surface area contributed by atoms with Crippen LogP contribution in [0.5, 0.6) is 0 Å². The van der Waals surface area contributed by atoms with Crippen LogP contribution in [0.4, 0.5) is 4.39 Å². The number of hydrogen-bond acceptors (Lipinski definition) is 3. The molecule has 0 spiro atoms. The standard InChI is InChI=1S/C15H15Cl2FN2OS/c1-4-13-19-8(3)14(22-13)15(21)20-7(2)9-5-12(18)11(17)6-10(9)16/h5-7H,4H2,1-3H3,(H,20,21). The average molecular weight is 361 g/mol. The highest BCUT2D eigenvalue weighted by atomic mass is 35.5. The van der Waals surface area contributed by atoms with Crippen LogP contribution in [0, 0.1) is 12.7 Å². The molecule has 0 saturated heterocycles. The van der Waals surface area contributed by atoms with Gasteiger partial charge in [-0.25, -0.2) is 9.37 Å². The maximum absolute atomic E-state index is 13.6. The molecule has 2 rings (SSSR count). The van der Waals surface area contributed by atoms with Crippen LogP contribution in [-0.4, -0.2) is 10.9 Å². The second-order valence-corrected chi connectivity index (χ2v) is 6.76. The van der Waals surface area contributed by atoms with E-state index in [-0.39, 0.29) is 10.9 Å². The van der Waals surface area contributed by atoms with Crippen LogP contribution in [0.15, 0.2) is 12.1 Å². The summed E-state index contributed by atoms with van der Waals surface area (Å²) in [5.74, 6) is -0.807. The van der Waals surface area contributed by atoms with Crippen LogP contribution >= 0.6 is 34.5 Å². The Labute approximate surface area is 142 Å². The van der Waals surface area contributed by atoms with Gasteiger partial charge in [0.1, 0.15) is 10.7 Å². The number of hydrogen-bond donors (Lipinski definition) is 1. The van der Waals surface area contributed by atoms with Gasteiger partial charge >= 0.3 is 0 Å². The normalized spacial score (nSPS) is 12.3. The van der Waals surface area contributed by atoms with E-state index in [1.807, 2.05) is 6.92 Å². The summed E-state index contributed by atoms with van der Waals surface area (Å²) in [6, 6.07) is 2.13. The van der Waals surface area contributed by atoms with E-state index in [2.05, 4.69) is 10.3 Å². The summed E-state index contributed by atoms with van der Waals surface area (Å²) in [7, 11) is 0. The van der Waals surface area contributed by atoms with E-state index >= 15 is 0 Å². The van der Waals surface area contributed by atoms with Gasteiger partial charge in [-0.3, -0.25) is 4.79 Å². The predicted octanol–water partition coefficient (Wildman–Crippen LogP) is 4.95. The van der Waals surface area contributed by atoms with E-state index in [0.29, 0.717) is 21.2 Å². The van der Waals surface area contributed by atoms with Gasteiger partial charge in [0.25, 0.3) is 5.91 Å². The maximum atomic E-state index is 13.6. The molecule has 0 fully saturated rings. The molecule has 22 heavy (non-hydrogen) atoms. The summed E-state index contributed by atoms with van der Waals surface area (Å²) in [6.45, 7) is 5.52. The minimum absolute atomic E-state index is 0.0434. The minimum Gasteiger partial charge on any atom is -0.345 e. The number of thiazole rings is 1. The topological polar surface area (TPSA) is 42.0 Å². The zero-order chi connectivity index (χ0) is 16.4. The molecule has 0 radical (unpaired) electrons. The first-order valence-electron chi connectivity index (χ1n) is 6.75. The number of aryl methyl sites for hydroxylation is 2. The molecule has 0 aliphatic heterocycles. The lowest BCUT2D eigenvalue weighted by Gasteiger charge is -2.16. The molecule has 1 aromatic carbocycles. The van der Waals surface area contributed by atoms with Crippen molar-refractivity contribution in [2.45, 2.75) is 33.2 Å². The molecule has 7 heteroatoms. The fourth-order valence-electron chi connectivity index (χ4n) is 2.02. The lowest BCUT2D eigenvalue weighted by molar-refractivity contribution is 0.0943. The van der Waals surface area contributed by atoms with E-state index in [9.17, 15) is 9.18 Å². The van der Waals surface area contributed by atoms with Crippen molar-refractivity contribution >= 4 is 40.4 Å². The number of carbonyl (C=O) groups is 1. The summed E-state index contributed by atoms with van der Waals surface area (Å²) < 4.78 is 13.6. The molecule has 1 aromatic heterocycles. The van der Waals surface area contributed by atoms with Gasteiger partial charge in [0.15, 0.2) is 0 Å². The first-order valence-corrected chi connectivity index (χ1v) is 8.32. The molecule has 1 amide bonds. The van der Waals surface area contributed by atoms with E-state index in [4.69, 9.17) is 23.2 Å². The van der Waals surface area contributed by atoms with Crippen LogP contribution in [-0.2, 0) is 6.42 Å². The molecule has 118 valence electrons. The fourth-order valence-corrected chi connectivity index (χ4v) is 3.48. The number of nitrogens with one attached hydrogen (secondary N) is 1. The van der Waals surface area contributed by atoms with Gasteiger partial charge in [-0.1, -0.05) is 30.1 Å². The molecule has 0 aliphatic rings. The maximum Gasteiger partial charge on any atom is 0.263 e. The molecule has 1 N–H and O–H groups in total. The van der Waals surface area contributed by atoms with Gasteiger partial charge < -0.3 is 5.32 Å². The van der Waals surface area contributed by atoms with Gasteiger partial charge in [-0.2, -0.15) is 0 Å². The Morgan fingerprint density at radius 3 is 2.68 bits per heavy atom. The fraction of sp³-hybridized carbons (Fsp3) is 0.333. The van der Waals surface area contributed by atoms with E-state index in [1.54, 1.807) is 13.8 Å². The molecule has 1 unspecified atom stereocenters. The monoisotopic (exact) mass is 360 g/mol. The Balaban J connectivity index is 2.21. The second-order valence-electron chi connectivity index (χ2n) is 4.86. The van der Waals surface area contributed by atoms with Gasteiger partial charge in [0.05, 0.1) is 21.8 Å². The number of amides is 1. The van der Waals surface area contributed by atoms with Gasteiger partial charge in [0.2, 0.25) is 0 Å². The van der Waals surface area contributed by atoms with Crippen molar-refractivity contribution in [2.24, 2.45) is 0 Å². The number of nitrogens with zero attached hydrogens (tertiary/aromatic N) is 1. The van der Waals surface area contributed by atoms with Crippen molar-refractivity contribution in [1.29, 1.82) is 0 Å². The molecule has 0 bridgehead atoms. The van der Waals surface area contributed by atoms with Crippen LogP contribution in [0.1, 0.15) is 45.8 Å². The quantitative estimate of drug-likeness (QED) is 0.783. The summed E-state index contributed by atoms with van der Waals surface area (Å²) in [5.41, 5.74) is 1.18. The van der Waals surface area contributed by atoms with Crippen molar-refractivity contribution in [1.82, 2.24) is 10.3 Å². The summed E-state index contributed by atoms with van der Waals surface area (Å²) in [6.07, 6.45) is 0.780. The molecule has 0 aliphatic carbocycles. The van der Waals surface area contributed by atoms with Gasteiger partial charge in [0, 0.05) is 5.02 Å². The first-order chi connectivity index (χ1) is 10.3. The van der Waals surface area contributed by atoms with Crippen molar-refractivity contribution in [2.75, 3.05) is 0 Å². The Morgan fingerprint density at radius 1 is 1.41 bits per heavy atom. The van der Waals surface area contributed by atoms with Crippen molar-refractivity contribution in [3.05, 3.63) is 49.1 Å². The van der Waals surface area contributed by atoms with E-state index in [1.165, 1.54) is 23.5 Å². The molecular weight excluding hydrogens is 346 g/mol. The van der Waals surface area contributed by atoms with Gasteiger partial charge in [-0.05, 0) is 38.0 Å². The Kier molecular flexibility index (Phi) is 5.42. The number of halogens is 3. The summed E-state index contributed by atoms with van der Waals surface area (Å²) in [4.78, 5) is 17.2. The number of carbonyl (C=O) groups excluding carboxylic acids is 1. The zero-order valence-corrected chi connectivity index (χ0v) is 14.7. The Morgan fingerprint density at radius 2 is 2.09 bits per heavy atom. The first kappa shape index (κ1) is 17.2. The predicted molar refractivity (Wildman–Crippen MR) is 88.5 cm³/mol. The Hall–Kier alpha value is -1.17. The second kappa shape index (κ2) is 6.94. The van der Waals surface area contributed by atoms with E-state index < -0.39 is 11.9 Å². The summed E-state index contributed by atoms with van der Waals surface area (Å²) >= 11 is 13.1. The van der Waals surface area contributed by atoms with Crippen LogP contribution in [0.25, 0.3) is 0 Å². The summed E-state index contributed by atoms with van der Waals surface area (Å²) in [5, 5.41) is 3.99. The number of aromatic nitrogens is 1. The minimum atomic E-state index is -0.565. The highest BCUT2D eigenvalue weighted by Gasteiger charge is 2.19. The number of rotatable bonds is 4. The highest BCUT2D eigenvalue weighted by Crippen LogP contribution is 2.29. The van der Waals surface area contributed by atoms with Gasteiger partial charge in [-0.15, -0.1) is 11.3 Å². The molecule has 1 heterocycles. The van der Waals surface area contributed by atoms with Crippen molar-refractivity contribution in [3.63, 3.8) is 0 Å². The third kappa shape index (κ3) is 3.59. The average Bonchev–Trinajstić information content (AvgIpc) is 2.84. The molecule has 0 saturated carbocycles. The molecule has 3 nitrogen and oxygen atoms in total. The van der Waals surface area contributed by atoms with E-state index in [0.717, 1.165) is 11.4 Å². The lowest BCUT2D eigenvalue weighted by atomic mass is 10.1. The third-order valence-electron chi connectivity index (χ3n) is 3.20. The molecule has 1 atom stereocenters. The Bertz CT molecular complexity index is 718.